The second kappa shape index (κ2) is 7.88. The minimum absolute atomic E-state index is 0.548. The topological polar surface area (TPSA) is 69.6 Å². The Kier molecular flexibility index (Phi) is 5.14. The summed E-state index contributed by atoms with van der Waals surface area (Å²) in [6.07, 6.45) is 7.57. The fraction of sp³-hybridized carbons (Fsp3) is 0.381. The van der Waals surface area contributed by atoms with Gasteiger partial charge in [-0.2, -0.15) is 5.10 Å². The SMILES string of the molecule is COc1cc2c(N3CCC(c4ccncc4)CC3)nncc2c(OC)c1OC. The van der Waals surface area contributed by atoms with Crippen molar-refractivity contribution in [2.45, 2.75) is 18.8 Å². The lowest BCUT2D eigenvalue weighted by atomic mass is 9.90. The number of hydrogen-bond acceptors (Lipinski definition) is 7. The molecule has 0 unspecified atom stereocenters. The lowest BCUT2D eigenvalue weighted by Gasteiger charge is -2.33. The van der Waals surface area contributed by atoms with Gasteiger partial charge in [-0.15, -0.1) is 5.10 Å². The molecule has 0 saturated carbocycles. The van der Waals surface area contributed by atoms with E-state index in [1.54, 1.807) is 27.5 Å². The quantitative estimate of drug-likeness (QED) is 0.671. The van der Waals surface area contributed by atoms with Gasteiger partial charge >= 0.3 is 0 Å². The first-order valence-corrected chi connectivity index (χ1v) is 9.36. The highest BCUT2D eigenvalue weighted by atomic mass is 16.5. The molecule has 7 heteroatoms. The molecule has 4 rings (SSSR count). The third kappa shape index (κ3) is 3.17. The summed E-state index contributed by atoms with van der Waals surface area (Å²) in [4.78, 5) is 6.41. The maximum Gasteiger partial charge on any atom is 0.204 e. The van der Waals surface area contributed by atoms with E-state index in [0.29, 0.717) is 23.2 Å². The molecule has 146 valence electrons. The molecule has 1 aromatic carbocycles. The number of aromatic nitrogens is 3. The van der Waals surface area contributed by atoms with Gasteiger partial charge in [0, 0.05) is 30.9 Å². The summed E-state index contributed by atoms with van der Waals surface area (Å²) >= 11 is 0. The highest BCUT2D eigenvalue weighted by Gasteiger charge is 2.25. The fourth-order valence-electron chi connectivity index (χ4n) is 3.98. The zero-order chi connectivity index (χ0) is 19.5. The van der Waals surface area contributed by atoms with E-state index in [1.165, 1.54) is 5.56 Å². The number of anilines is 1. The summed E-state index contributed by atoms with van der Waals surface area (Å²) in [5, 5.41) is 10.5. The van der Waals surface area contributed by atoms with Crippen molar-refractivity contribution < 1.29 is 14.2 Å². The monoisotopic (exact) mass is 380 g/mol. The number of fused-ring (bicyclic) bond motifs is 1. The van der Waals surface area contributed by atoms with Crippen LogP contribution in [0.3, 0.4) is 0 Å². The standard InChI is InChI=1S/C21H24N4O3/c1-26-18-12-16-17(19(27-2)20(18)28-3)13-23-24-21(16)25-10-6-15(7-11-25)14-4-8-22-9-5-14/h4-5,8-9,12-13,15H,6-7,10-11H2,1-3H3. The van der Waals surface area contributed by atoms with Crippen LogP contribution in [0.4, 0.5) is 5.82 Å². The number of benzene rings is 1. The molecule has 3 aromatic rings. The zero-order valence-electron chi connectivity index (χ0n) is 16.4. The Morgan fingerprint density at radius 3 is 2.29 bits per heavy atom. The van der Waals surface area contributed by atoms with Crippen molar-refractivity contribution in [2.75, 3.05) is 39.3 Å². The number of hydrogen-bond donors (Lipinski definition) is 0. The van der Waals surface area contributed by atoms with Gasteiger partial charge in [0.15, 0.2) is 17.3 Å². The third-order valence-electron chi connectivity index (χ3n) is 5.42. The highest BCUT2D eigenvalue weighted by Crippen LogP contribution is 2.45. The first-order valence-electron chi connectivity index (χ1n) is 9.36. The Labute approximate surface area is 164 Å². The van der Waals surface area contributed by atoms with Crippen molar-refractivity contribution in [1.82, 2.24) is 15.2 Å². The molecular weight excluding hydrogens is 356 g/mol. The maximum atomic E-state index is 5.61. The van der Waals surface area contributed by atoms with Crippen molar-refractivity contribution in [3.05, 3.63) is 42.4 Å². The lowest BCUT2D eigenvalue weighted by molar-refractivity contribution is 0.327. The first-order chi connectivity index (χ1) is 13.8. The molecule has 1 aliphatic heterocycles. The normalized spacial score (nSPS) is 14.9. The minimum Gasteiger partial charge on any atom is -0.493 e. The van der Waals surface area contributed by atoms with Crippen molar-refractivity contribution in [1.29, 1.82) is 0 Å². The summed E-state index contributed by atoms with van der Waals surface area (Å²) in [7, 11) is 4.85. The predicted octanol–water partition coefficient (Wildman–Crippen LogP) is 3.43. The summed E-state index contributed by atoms with van der Waals surface area (Å²) in [5.74, 6) is 3.19. The Hall–Kier alpha value is -3.09. The van der Waals surface area contributed by atoms with Crippen LogP contribution in [0.5, 0.6) is 17.2 Å². The summed E-state index contributed by atoms with van der Waals surface area (Å²) in [6.45, 7) is 1.83. The first kappa shape index (κ1) is 18.3. The van der Waals surface area contributed by atoms with Gasteiger partial charge in [-0.25, -0.2) is 0 Å². The molecule has 0 bridgehead atoms. The van der Waals surface area contributed by atoms with Crippen LogP contribution < -0.4 is 19.1 Å². The summed E-state index contributed by atoms with van der Waals surface area (Å²) in [6, 6.07) is 6.18. The van der Waals surface area contributed by atoms with Gasteiger partial charge in [0.2, 0.25) is 5.75 Å². The van der Waals surface area contributed by atoms with E-state index in [4.69, 9.17) is 14.2 Å². The second-order valence-corrected chi connectivity index (χ2v) is 6.82. The van der Waals surface area contributed by atoms with E-state index >= 15 is 0 Å². The Morgan fingerprint density at radius 1 is 0.929 bits per heavy atom. The molecule has 1 saturated heterocycles. The highest BCUT2D eigenvalue weighted by molar-refractivity contribution is 5.99. The van der Waals surface area contributed by atoms with Crippen molar-refractivity contribution in [2.24, 2.45) is 0 Å². The van der Waals surface area contributed by atoms with Crippen LogP contribution in [0.25, 0.3) is 10.8 Å². The average molecular weight is 380 g/mol. The molecule has 0 spiro atoms. The van der Waals surface area contributed by atoms with Crippen LogP contribution in [0, 0.1) is 0 Å². The Morgan fingerprint density at radius 2 is 1.64 bits per heavy atom. The van der Waals surface area contributed by atoms with Gasteiger partial charge in [-0.05, 0) is 42.5 Å². The molecule has 2 aromatic heterocycles. The molecule has 1 fully saturated rings. The maximum absolute atomic E-state index is 5.61. The molecule has 0 N–H and O–H groups in total. The molecule has 28 heavy (non-hydrogen) atoms. The number of pyridine rings is 1. The second-order valence-electron chi connectivity index (χ2n) is 6.82. The number of rotatable bonds is 5. The molecule has 0 amide bonds. The largest absolute Gasteiger partial charge is 0.493 e. The summed E-state index contributed by atoms with van der Waals surface area (Å²) in [5.41, 5.74) is 1.35. The molecule has 0 aliphatic carbocycles. The molecular formula is C21H24N4O3. The van der Waals surface area contributed by atoms with E-state index in [2.05, 4.69) is 32.2 Å². The van der Waals surface area contributed by atoms with E-state index in [-0.39, 0.29) is 0 Å². The zero-order valence-corrected chi connectivity index (χ0v) is 16.4. The van der Waals surface area contributed by atoms with Crippen LogP contribution in [0.1, 0.15) is 24.3 Å². The summed E-state index contributed by atoms with van der Waals surface area (Å²) < 4.78 is 16.6. The number of nitrogens with zero attached hydrogens (tertiary/aromatic N) is 4. The lowest BCUT2D eigenvalue weighted by Crippen LogP contribution is -2.33. The molecule has 7 nitrogen and oxygen atoms in total. The number of methoxy groups -OCH3 is 3. The molecule has 0 atom stereocenters. The van der Waals surface area contributed by atoms with Crippen molar-refractivity contribution in [3.63, 3.8) is 0 Å². The minimum atomic E-state index is 0.548. The van der Waals surface area contributed by atoms with Crippen LogP contribution in [0.2, 0.25) is 0 Å². The van der Waals surface area contributed by atoms with Gasteiger partial charge in [0.1, 0.15) is 0 Å². The number of piperidine rings is 1. The van der Waals surface area contributed by atoms with Crippen LogP contribution >= 0.6 is 0 Å². The van der Waals surface area contributed by atoms with E-state index < -0.39 is 0 Å². The van der Waals surface area contributed by atoms with Gasteiger partial charge < -0.3 is 19.1 Å². The van der Waals surface area contributed by atoms with Crippen molar-refractivity contribution in [3.8, 4) is 17.2 Å². The predicted molar refractivity (Wildman–Crippen MR) is 108 cm³/mol. The number of ether oxygens (including phenoxy) is 3. The van der Waals surface area contributed by atoms with Gasteiger partial charge in [0.05, 0.1) is 32.9 Å². The molecule has 0 radical (unpaired) electrons. The van der Waals surface area contributed by atoms with Gasteiger partial charge in [0.25, 0.3) is 0 Å². The average Bonchev–Trinajstić information content (AvgIpc) is 2.77. The van der Waals surface area contributed by atoms with Crippen LogP contribution in [-0.2, 0) is 0 Å². The molecule has 3 heterocycles. The van der Waals surface area contributed by atoms with Crippen LogP contribution in [-0.4, -0.2) is 49.6 Å². The van der Waals surface area contributed by atoms with Gasteiger partial charge in [-0.3, -0.25) is 4.98 Å². The fourth-order valence-corrected chi connectivity index (χ4v) is 3.98. The Balaban J connectivity index is 1.68. The van der Waals surface area contributed by atoms with Gasteiger partial charge in [-0.1, -0.05) is 0 Å². The van der Waals surface area contributed by atoms with Crippen LogP contribution in [0.15, 0.2) is 36.8 Å². The molecule has 1 aliphatic rings. The van der Waals surface area contributed by atoms with E-state index in [1.807, 2.05) is 18.5 Å². The smallest absolute Gasteiger partial charge is 0.204 e. The van der Waals surface area contributed by atoms with Crippen molar-refractivity contribution >= 4 is 16.6 Å². The Bertz CT molecular complexity index is 957. The van der Waals surface area contributed by atoms with E-state index in [9.17, 15) is 0 Å². The third-order valence-corrected chi connectivity index (χ3v) is 5.42. The van der Waals surface area contributed by atoms with E-state index in [0.717, 1.165) is 42.5 Å².